The van der Waals surface area contributed by atoms with Gasteiger partial charge in [0.1, 0.15) is 0 Å². The molecule has 0 atom stereocenters. The van der Waals surface area contributed by atoms with Crippen LogP contribution < -0.4 is 5.32 Å². The molecule has 0 radical (unpaired) electrons. The zero-order valence-electron chi connectivity index (χ0n) is 11.8. The summed E-state index contributed by atoms with van der Waals surface area (Å²) >= 11 is 0. The molecule has 2 aromatic rings. The fourth-order valence-corrected chi connectivity index (χ4v) is 2.39. The van der Waals surface area contributed by atoms with E-state index in [1.54, 1.807) is 7.05 Å². The van der Waals surface area contributed by atoms with E-state index in [2.05, 4.69) is 35.6 Å². The Bertz CT molecular complexity index is 659. The minimum Gasteiger partial charge on any atom is -0.478 e. The third-order valence-corrected chi connectivity index (χ3v) is 3.47. The second-order valence-corrected chi connectivity index (χ2v) is 4.72. The van der Waals surface area contributed by atoms with Crippen LogP contribution in [0.1, 0.15) is 18.9 Å². The van der Waals surface area contributed by atoms with Crippen molar-refractivity contribution in [3.8, 4) is 0 Å². The largest absolute Gasteiger partial charge is 0.478 e. The summed E-state index contributed by atoms with van der Waals surface area (Å²) in [6.45, 7) is 1.86. The number of hydrogen-bond donors (Lipinski definition) is 2. The average molecular weight is 269 g/mol. The highest BCUT2D eigenvalue weighted by molar-refractivity contribution is 5.87. The first-order chi connectivity index (χ1) is 9.65. The highest BCUT2D eigenvalue weighted by atomic mass is 16.4. The lowest BCUT2D eigenvalue weighted by Crippen LogP contribution is -2.16. The van der Waals surface area contributed by atoms with Gasteiger partial charge in [-0.25, -0.2) is 4.79 Å². The molecule has 0 heterocycles. The number of aliphatic carboxylic acids is 1. The summed E-state index contributed by atoms with van der Waals surface area (Å²) in [5.74, 6) is -0.849. The van der Waals surface area contributed by atoms with E-state index in [9.17, 15) is 9.90 Å². The fourth-order valence-electron chi connectivity index (χ4n) is 2.39. The van der Waals surface area contributed by atoms with Crippen LogP contribution in [-0.2, 0) is 11.2 Å². The summed E-state index contributed by atoms with van der Waals surface area (Å²) in [6.07, 6.45) is 1.12. The summed E-state index contributed by atoms with van der Waals surface area (Å²) in [6, 6.07) is 14.4. The van der Waals surface area contributed by atoms with Crippen molar-refractivity contribution < 1.29 is 9.90 Å². The molecule has 0 aliphatic heterocycles. The first-order valence-electron chi connectivity index (χ1n) is 6.76. The van der Waals surface area contributed by atoms with Crippen LogP contribution >= 0.6 is 0 Å². The lowest BCUT2D eigenvalue weighted by molar-refractivity contribution is -0.132. The fraction of sp³-hybridized carbons (Fsp3) is 0.235. The Balaban J connectivity index is 2.36. The van der Waals surface area contributed by atoms with Gasteiger partial charge in [-0.2, -0.15) is 0 Å². The van der Waals surface area contributed by atoms with Gasteiger partial charge in [0, 0.05) is 19.2 Å². The van der Waals surface area contributed by atoms with E-state index in [1.807, 2.05) is 19.1 Å². The van der Waals surface area contributed by atoms with Crippen LogP contribution in [0, 0.1) is 0 Å². The van der Waals surface area contributed by atoms with E-state index < -0.39 is 5.97 Å². The Labute approximate surface area is 118 Å². The summed E-state index contributed by atoms with van der Waals surface area (Å²) in [5, 5.41) is 14.6. The SMILES string of the molecule is CCC(C(=O)O)=C(Cc1ccc2ccccc2c1)NC. The maximum absolute atomic E-state index is 11.2. The molecule has 0 fully saturated rings. The number of hydrogen-bond acceptors (Lipinski definition) is 2. The quantitative estimate of drug-likeness (QED) is 0.818. The van der Waals surface area contributed by atoms with Crippen molar-refractivity contribution in [2.45, 2.75) is 19.8 Å². The first kappa shape index (κ1) is 14.1. The molecule has 2 rings (SSSR count). The van der Waals surface area contributed by atoms with E-state index >= 15 is 0 Å². The molecule has 0 bridgehead atoms. The zero-order valence-corrected chi connectivity index (χ0v) is 11.8. The molecule has 0 spiro atoms. The van der Waals surface area contributed by atoms with Crippen LogP contribution in [-0.4, -0.2) is 18.1 Å². The predicted octanol–water partition coefficient (Wildman–Crippen LogP) is 3.35. The molecule has 3 nitrogen and oxygen atoms in total. The molecule has 3 heteroatoms. The molecule has 2 N–H and O–H groups in total. The molecule has 0 aliphatic carbocycles. The van der Waals surface area contributed by atoms with Gasteiger partial charge in [-0.05, 0) is 22.8 Å². The molecule has 2 aromatic carbocycles. The number of carbonyl (C=O) groups is 1. The zero-order chi connectivity index (χ0) is 14.5. The molecule has 104 valence electrons. The lowest BCUT2D eigenvalue weighted by atomic mass is 10.0. The van der Waals surface area contributed by atoms with Gasteiger partial charge < -0.3 is 10.4 Å². The highest BCUT2D eigenvalue weighted by Crippen LogP contribution is 2.19. The Hall–Kier alpha value is -2.29. The normalized spacial score (nSPS) is 12.1. The number of carboxylic acids is 1. The number of rotatable bonds is 5. The Kier molecular flexibility index (Phi) is 4.41. The third-order valence-electron chi connectivity index (χ3n) is 3.47. The van der Waals surface area contributed by atoms with Crippen LogP contribution in [0.5, 0.6) is 0 Å². The number of carboxylic acid groups (broad SMARTS) is 1. The van der Waals surface area contributed by atoms with Crippen molar-refractivity contribution in [1.82, 2.24) is 5.32 Å². The summed E-state index contributed by atoms with van der Waals surface area (Å²) in [7, 11) is 1.77. The summed E-state index contributed by atoms with van der Waals surface area (Å²) < 4.78 is 0. The highest BCUT2D eigenvalue weighted by Gasteiger charge is 2.12. The number of benzene rings is 2. The van der Waals surface area contributed by atoms with Gasteiger partial charge in [0.25, 0.3) is 0 Å². The molecule has 0 saturated carbocycles. The van der Waals surface area contributed by atoms with Crippen LogP contribution in [0.3, 0.4) is 0 Å². The third kappa shape index (κ3) is 2.99. The van der Waals surface area contributed by atoms with E-state index in [0.29, 0.717) is 18.4 Å². The molecule has 0 aromatic heterocycles. The Morgan fingerprint density at radius 1 is 1.15 bits per heavy atom. The first-order valence-corrected chi connectivity index (χ1v) is 6.76. The van der Waals surface area contributed by atoms with Crippen molar-refractivity contribution in [2.24, 2.45) is 0 Å². The Morgan fingerprint density at radius 3 is 2.45 bits per heavy atom. The minimum atomic E-state index is -0.849. The van der Waals surface area contributed by atoms with Crippen LogP contribution in [0.4, 0.5) is 0 Å². The van der Waals surface area contributed by atoms with Crippen LogP contribution in [0.2, 0.25) is 0 Å². The number of nitrogens with one attached hydrogen (secondary N) is 1. The van der Waals surface area contributed by atoms with E-state index in [4.69, 9.17) is 0 Å². The maximum Gasteiger partial charge on any atom is 0.333 e. The molecular formula is C17H19NO2. The standard InChI is InChI=1S/C17H19NO2/c1-3-15(17(19)20)16(18-2)11-12-8-9-13-6-4-5-7-14(13)10-12/h4-10,18H,3,11H2,1-2H3,(H,19,20). The van der Waals surface area contributed by atoms with Gasteiger partial charge in [-0.1, -0.05) is 49.4 Å². The molecule has 0 amide bonds. The number of allylic oxidation sites excluding steroid dienone is 1. The van der Waals surface area contributed by atoms with Crippen molar-refractivity contribution in [3.05, 3.63) is 59.3 Å². The van der Waals surface area contributed by atoms with Crippen molar-refractivity contribution in [2.75, 3.05) is 7.05 Å². The van der Waals surface area contributed by atoms with Gasteiger partial charge >= 0.3 is 5.97 Å². The van der Waals surface area contributed by atoms with Gasteiger partial charge in [0.2, 0.25) is 0 Å². The molecular weight excluding hydrogens is 250 g/mol. The summed E-state index contributed by atoms with van der Waals surface area (Å²) in [5.41, 5.74) is 2.33. The smallest absolute Gasteiger partial charge is 0.333 e. The van der Waals surface area contributed by atoms with E-state index in [0.717, 1.165) is 11.3 Å². The number of fused-ring (bicyclic) bond motifs is 1. The van der Waals surface area contributed by atoms with Crippen molar-refractivity contribution in [3.63, 3.8) is 0 Å². The monoisotopic (exact) mass is 269 g/mol. The molecule has 0 unspecified atom stereocenters. The van der Waals surface area contributed by atoms with Crippen molar-refractivity contribution >= 4 is 16.7 Å². The second-order valence-electron chi connectivity index (χ2n) is 4.72. The average Bonchev–Trinajstić information content (AvgIpc) is 2.46. The van der Waals surface area contributed by atoms with Gasteiger partial charge in [-0.15, -0.1) is 0 Å². The van der Waals surface area contributed by atoms with Crippen molar-refractivity contribution in [1.29, 1.82) is 0 Å². The van der Waals surface area contributed by atoms with E-state index in [-0.39, 0.29) is 0 Å². The van der Waals surface area contributed by atoms with Gasteiger partial charge in [0.15, 0.2) is 0 Å². The predicted molar refractivity (Wildman–Crippen MR) is 81.7 cm³/mol. The molecule has 20 heavy (non-hydrogen) atoms. The van der Waals surface area contributed by atoms with Gasteiger partial charge in [0.05, 0.1) is 5.57 Å². The van der Waals surface area contributed by atoms with Gasteiger partial charge in [-0.3, -0.25) is 0 Å². The second kappa shape index (κ2) is 6.24. The van der Waals surface area contributed by atoms with E-state index in [1.165, 1.54) is 10.8 Å². The van der Waals surface area contributed by atoms with Crippen LogP contribution in [0.15, 0.2) is 53.7 Å². The Morgan fingerprint density at radius 2 is 1.85 bits per heavy atom. The topological polar surface area (TPSA) is 49.3 Å². The lowest BCUT2D eigenvalue weighted by Gasteiger charge is -2.12. The molecule has 0 saturated heterocycles. The maximum atomic E-state index is 11.2. The minimum absolute atomic E-state index is 0.445. The number of likely N-dealkylation sites (N-methyl/N-ethyl adjacent to an activating group) is 1. The summed E-state index contributed by atoms with van der Waals surface area (Å²) in [4.78, 5) is 11.2. The van der Waals surface area contributed by atoms with Crippen LogP contribution in [0.25, 0.3) is 10.8 Å². The molecule has 0 aliphatic rings.